The van der Waals surface area contributed by atoms with Crippen LogP contribution in [0.4, 0.5) is 5.69 Å². The number of hydrogen-bond donors (Lipinski definition) is 3. The predicted octanol–water partition coefficient (Wildman–Crippen LogP) is 5.30. The molecule has 162 valence electrons. The monoisotopic (exact) mass is 424 g/mol. The van der Waals surface area contributed by atoms with E-state index in [0.717, 1.165) is 29.4 Å². The number of amides is 1. The first-order valence-corrected chi connectivity index (χ1v) is 11.5. The molecule has 0 spiro atoms. The van der Waals surface area contributed by atoms with Gasteiger partial charge in [-0.1, -0.05) is 43.5 Å². The van der Waals surface area contributed by atoms with Crippen molar-refractivity contribution < 1.29 is 4.79 Å². The molecule has 0 aromatic heterocycles. The minimum absolute atomic E-state index is 0.0391. The van der Waals surface area contributed by atoms with Crippen LogP contribution in [0.25, 0.3) is 10.8 Å². The highest BCUT2D eigenvalue weighted by atomic mass is 16.1. The quantitative estimate of drug-likeness (QED) is 0.392. The molecule has 1 fully saturated rings. The summed E-state index contributed by atoms with van der Waals surface area (Å²) in [5.74, 6) is 0.459. The van der Waals surface area contributed by atoms with Crippen LogP contribution in [0.15, 0.2) is 59.6 Å². The molecule has 5 rings (SSSR count). The average molecular weight is 425 g/mol. The lowest BCUT2D eigenvalue weighted by Gasteiger charge is -2.27. The minimum atomic E-state index is -0.130. The number of rotatable bonds is 4. The van der Waals surface area contributed by atoms with Crippen molar-refractivity contribution in [1.82, 2.24) is 0 Å². The van der Waals surface area contributed by atoms with Crippen molar-refractivity contribution in [2.45, 2.75) is 38.5 Å². The maximum Gasteiger partial charge on any atom is 0.255 e. The van der Waals surface area contributed by atoms with Crippen molar-refractivity contribution in [3.8, 4) is 0 Å². The fourth-order valence-electron chi connectivity index (χ4n) is 4.98. The lowest BCUT2D eigenvalue weighted by Crippen LogP contribution is -2.24. The van der Waals surface area contributed by atoms with E-state index in [0.29, 0.717) is 17.0 Å². The molecule has 1 aliphatic heterocycles. The van der Waals surface area contributed by atoms with Gasteiger partial charge in [-0.05, 0) is 65.9 Å². The first-order valence-electron chi connectivity index (χ1n) is 11.5. The third-order valence-electron chi connectivity index (χ3n) is 6.71. The van der Waals surface area contributed by atoms with Crippen molar-refractivity contribution in [2.24, 2.45) is 16.6 Å². The number of nitrogens with two attached hydrogens (primary N) is 1. The number of hydrogen-bond acceptors (Lipinski definition) is 3. The molecule has 32 heavy (non-hydrogen) atoms. The smallest absolute Gasteiger partial charge is 0.255 e. The van der Waals surface area contributed by atoms with E-state index in [2.05, 4.69) is 17.4 Å². The molecule has 1 heterocycles. The molecule has 5 heteroatoms. The lowest BCUT2D eigenvalue weighted by atomic mass is 9.80. The van der Waals surface area contributed by atoms with Gasteiger partial charge in [-0.2, -0.15) is 0 Å². The fourth-order valence-corrected chi connectivity index (χ4v) is 4.98. The zero-order valence-electron chi connectivity index (χ0n) is 18.2. The zero-order valence-corrected chi connectivity index (χ0v) is 18.2. The molecule has 0 bridgehead atoms. The SMILES string of the molecule is N=C(N)c1ccc2cc(C(=O)Nc3ccc4c(c3)C(C3CCCCC3)=NCC4)ccc2c1. The van der Waals surface area contributed by atoms with Gasteiger partial charge in [-0.15, -0.1) is 0 Å². The van der Waals surface area contributed by atoms with E-state index in [9.17, 15) is 4.79 Å². The second kappa shape index (κ2) is 8.58. The molecular weight excluding hydrogens is 396 g/mol. The highest BCUT2D eigenvalue weighted by Gasteiger charge is 2.24. The fraction of sp³-hybridized carbons (Fsp3) is 0.296. The Bertz CT molecular complexity index is 1240. The van der Waals surface area contributed by atoms with Crippen LogP contribution < -0.4 is 11.1 Å². The van der Waals surface area contributed by atoms with E-state index in [1.54, 1.807) is 0 Å². The Labute approximate surface area is 188 Å². The highest BCUT2D eigenvalue weighted by molar-refractivity contribution is 6.09. The Kier molecular flexibility index (Phi) is 5.48. The van der Waals surface area contributed by atoms with Gasteiger partial charge in [0.1, 0.15) is 5.84 Å². The molecule has 1 saturated carbocycles. The zero-order chi connectivity index (χ0) is 22.1. The Hall–Kier alpha value is -3.47. The van der Waals surface area contributed by atoms with Crippen molar-refractivity contribution in [3.05, 3.63) is 76.9 Å². The van der Waals surface area contributed by atoms with Crippen molar-refractivity contribution in [1.29, 1.82) is 5.41 Å². The van der Waals surface area contributed by atoms with Gasteiger partial charge in [0.15, 0.2) is 0 Å². The molecular formula is C27H28N4O. The Morgan fingerprint density at radius 3 is 2.41 bits per heavy atom. The molecule has 3 aromatic rings. The topological polar surface area (TPSA) is 91.3 Å². The first-order chi connectivity index (χ1) is 15.6. The lowest BCUT2D eigenvalue weighted by molar-refractivity contribution is 0.102. The standard InChI is InChI=1S/C27H28N4O/c28-26(29)21-8-6-20-15-22(9-7-19(20)14-21)27(32)31-23-11-10-17-12-13-30-25(24(17)16-23)18-4-2-1-3-5-18/h6-11,14-16,18H,1-5,12-13H2,(H3,28,29)(H,31,32). The summed E-state index contributed by atoms with van der Waals surface area (Å²) in [5, 5.41) is 12.6. The van der Waals surface area contributed by atoms with Gasteiger partial charge >= 0.3 is 0 Å². The summed E-state index contributed by atoms with van der Waals surface area (Å²) in [6.07, 6.45) is 7.30. The number of benzene rings is 3. The van der Waals surface area contributed by atoms with Gasteiger partial charge in [-0.3, -0.25) is 15.2 Å². The number of anilines is 1. The maximum absolute atomic E-state index is 13.0. The summed E-state index contributed by atoms with van der Waals surface area (Å²) in [6, 6.07) is 17.4. The van der Waals surface area contributed by atoms with Crippen molar-refractivity contribution in [3.63, 3.8) is 0 Å². The maximum atomic E-state index is 13.0. The summed E-state index contributed by atoms with van der Waals surface area (Å²) in [6.45, 7) is 0.868. The van der Waals surface area contributed by atoms with Crippen LogP contribution in [0, 0.1) is 11.3 Å². The summed E-state index contributed by atoms with van der Waals surface area (Å²) in [5.41, 5.74) is 11.5. The van der Waals surface area contributed by atoms with E-state index >= 15 is 0 Å². The van der Waals surface area contributed by atoms with Crippen molar-refractivity contribution >= 4 is 33.9 Å². The molecule has 0 saturated heterocycles. The third-order valence-corrected chi connectivity index (χ3v) is 6.71. The third kappa shape index (κ3) is 4.03. The molecule has 1 aliphatic carbocycles. The number of fused-ring (bicyclic) bond motifs is 2. The van der Waals surface area contributed by atoms with Crippen LogP contribution in [-0.2, 0) is 6.42 Å². The number of nitrogen functional groups attached to an aromatic ring is 1. The predicted molar refractivity (Wildman–Crippen MR) is 131 cm³/mol. The summed E-state index contributed by atoms with van der Waals surface area (Å²) in [7, 11) is 0. The van der Waals surface area contributed by atoms with Crippen molar-refractivity contribution in [2.75, 3.05) is 11.9 Å². The summed E-state index contributed by atoms with van der Waals surface area (Å²) >= 11 is 0. The van der Waals surface area contributed by atoms with Crippen LogP contribution in [0.2, 0.25) is 0 Å². The number of carbonyl (C=O) groups excluding carboxylic acids is 1. The molecule has 0 radical (unpaired) electrons. The molecule has 4 N–H and O–H groups in total. The molecule has 5 nitrogen and oxygen atoms in total. The van der Waals surface area contributed by atoms with Gasteiger partial charge in [0.05, 0.1) is 0 Å². The average Bonchev–Trinajstić information content (AvgIpc) is 2.83. The number of carbonyl (C=O) groups is 1. The Morgan fingerprint density at radius 2 is 1.66 bits per heavy atom. The molecule has 0 unspecified atom stereocenters. The van der Waals surface area contributed by atoms with E-state index in [1.807, 2.05) is 42.5 Å². The van der Waals surface area contributed by atoms with Crippen LogP contribution >= 0.6 is 0 Å². The number of aliphatic imine (C=N–C) groups is 1. The molecule has 3 aromatic carbocycles. The largest absolute Gasteiger partial charge is 0.384 e. The highest BCUT2D eigenvalue weighted by Crippen LogP contribution is 2.32. The first kappa shape index (κ1) is 20.4. The van der Waals surface area contributed by atoms with Crippen LogP contribution in [0.3, 0.4) is 0 Å². The van der Waals surface area contributed by atoms with Crippen LogP contribution in [0.1, 0.15) is 59.2 Å². The molecule has 2 aliphatic rings. The second-order valence-corrected chi connectivity index (χ2v) is 8.87. The summed E-state index contributed by atoms with van der Waals surface area (Å²) in [4.78, 5) is 17.9. The number of nitrogens with one attached hydrogen (secondary N) is 2. The minimum Gasteiger partial charge on any atom is -0.384 e. The van der Waals surface area contributed by atoms with E-state index in [-0.39, 0.29) is 11.7 Å². The van der Waals surface area contributed by atoms with Crippen LogP contribution in [-0.4, -0.2) is 24.0 Å². The van der Waals surface area contributed by atoms with Gasteiger partial charge in [0, 0.05) is 40.6 Å². The van der Waals surface area contributed by atoms with E-state index < -0.39 is 0 Å². The normalized spacial score (nSPS) is 16.3. The van der Waals surface area contributed by atoms with Gasteiger partial charge in [0.2, 0.25) is 0 Å². The Morgan fingerprint density at radius 1 is 0.938 bits per heavy atom. The number of amidine groups is 1. The Balaban J connectivity index is 1.38. The second-order valence-electron chi connectivity index (χ2n) is 8.87. The van der Waals surface area contributed by atoms with Gasteiger partial charge < -0.3 is 11.1 Å². The number of nitrogens with zero attached hydrogens (tertiary/aromatic N) is 1. The van der Waals surface area contributed by atoms with Gasteiger partial charge in [0.25, 0.3) is 5.91 Å². The summed E-state index contributed by atoms with van der Waals surface area (Å²) < 4.78 is 0. The molecule has 0 atom stereocenters. The van der Waals surface area contributed by atoms with E-state index in [4.69, 9.17) is 16.1 Å². The molecule has 1 amide bonds. The van der Waals surface area contributed by atoms with Crippen LogP contribution in [0.5, 0.6) is 0 Å². The van der Waals surface area contributed by atoms with E-state index in [1.165, 1.54) is 48.9 Å². The van der Waals surface area contributed by atoms with Gasteiger partial charge in [-0.25, -0.2) is 0 Å².